The summed E-state index contributed by atoms with van der Waals surface area (Å²) >= 11 is 0. The van der Waals surface area contributed by atoms with E-state index in [0.717, 1.165) is 12.8 Å². The van der Waals surface area contributed by atoms with Gasteiger partial charge in [0, 0.05) is 13.0 Å². The summed E-state index contributed by atoms with van der Waals surface area (Å²) in [7, 11) is 0. The first kappa shape index (κ1) is 12.2. The largest absolute Gasteiger partial charge is 0.333 e. The molecule has 0 spiro atoms. The van der Waals surface area contributed by atoms with Gasteiger partial charge in [0.05, 0.1) is 6.04 Å². The molecular weight excluding hydrogens is 234 g/mol. The Hall–Kier alpha value is -1.83. The molecule has 0 heterocycles. The van der Waals surface area contributed by atoms with E-state index < -0.39 is 0 Å². The van der Waals surface area contributed by atoms with Crippen LogP contribution in [0.1, 0.15) is 38.3 Å². The summed E-state index contributed by atoms with van der Waals surface area (Å²) in [6.07, 6.45) is 2.30. The van der Waals surface area contributed by atoms with E-state index in [0.29, 0.717) is 6.04 Å². The lowest BCUT2D eigenvalue weighted by Crippen LogP contribution is -2.33. The topological polar surface area (TPSA) is 20.3 Å². The molecule has 1 amide bonds. The van der Waals surface area contributed by atoms with Crippen molar-refractivity contribution in [2.45, 2.75) is 38.8 Å². The standard InChI is InChI=1S/C17H19NO/c1-12(18(13(2)19)15-10-11-15)16-9-5-7-14-6-3-4-8-17(14)16/h3-9,12,15H,10-11H2,1-2H3. The normalized spacial score (nSPS) is 16.3. The average Bonchev–Trinajstić information content (AvgIpc) is 3.22. The minimum atomic E-state index is 0.149. The van der Waals surface area contributed by atoms with Crippen molar-refractivity contribution in [3.63, 3.8) is 0 Å². The van der Waals surface area contributed by atoms with Gasteiger partial charge >= 0.3 is 0 Å². The molecule has 0 saturated heterocycles. The molecule has 3 rings (SSSR count). The molecule has 19 heavy (non-hydrogen) atoms. The number of carbonyl (C=O) groups excluding carboxylic acids is 1. The van der Waals surface area contributed by atoms with Gasteiger partial charge < -0.3 is 4.90 Å². The second-order valence-electron chi connectivity index (χ2n) is 5.40. The van der Waals surface area contributed by atoms with Crippen LogP contribution in [-0.4, -0.2) is 16.8 Å². The van der Waals surface area contributed by atoms with E-state index in [1.54, 1.807) is 6.92 Å². The van der Waals surface area contributed by atoms with Crippen molar-refractivity contribution in [1.29, 1.82) is 0 Å². The van der Waals surface area contributed by atoms with Gasteiger partial charge in [-0.15, -0.1) is 0 Å². The van der Waals surface area contributed by atoms with Crippen molar-refractivity contribution < 1.29 is 4.79 Å². The zero-order valence-corrected chi connectivity index (χ0v) is 11.5. The van der Waals surface area contributed by atoms with Crippen LogP contribution in [0.25, 0.3) is 10.8 Å². The molecule has 1 aliphatic rings. The molecule has 1 aliphatic carbocycles. The second kappa shape index (κ2) is 4.69. The van der Waals surface area contributed by atoms with Gasteiger partial charge in [0.25, 0.3) is 0 Å². The summed E-state index contributed by atoms with van der Waals surface area (Å²) in [5.41, 5.74) is 1.25. The Morgan fingerprint density at radius 3 is 2.53 bits per heavy atom. The fourth-order valence-corrected chi connectivity index (χ4v) is 2.96. The Kier molecular flexibility index (Phi) is 3.02. The molecule has 1 fully saturated rings. The van der Waals surface area contributed by atoms with Crippen molar-refractivity contribution in [2.75, 3.05) is 0 Å². The number of benzene rings is 2. The first-order valence-electron chi connectivity index (χ1n) is 6.95. The molecule has 2 aromatic carbocycles. The molecule has 1 unspecified atom stereocenters. The van der Waals surface area contributed by atoms with Gasteiger partial charge in [-0.25, -0.2) is 0 Å². The van der Waals surface area contributed by atoms with E-state index in [4.69, 9.17) is 0 Å². The number of carbonyl (C=O) groups is 1. The number of rotatable bonds is 3. The molecule has 0 N–H and O–H groups in total. The van der Waals surface area contributed by atoms with Crippen LogP contribution in [0.4, 0.5) is 0 Å². The van der Waals surface area contributed by atoms with E-state index >= 15 is 0 Å². The molecular formula is C17H19NO. The van der Waals surface area contributed by atoms with Gasteiger partial charge in [0.15, 0.2) is 0 Å². The van der Waals surface area contributed by atoms with Crippen molar-refractivity contribution in [3.8, 4) is 0 Å². The first-order chi connectivity index (χ1) is 9.18. The Morgan fingerprint density at radius 1 is 1.16 bits per heavy atom. The van der Waals surface area contributed by atoms with Crippen LogP contribution in [0, 0.1) is 0 Å². The Balaban J connectivity index is 2.05. The number of fused-ring (bicyclic) bond motifs is 1. The maximum Gasteiger partial charge on any atom is 0.220 e. The second-order valence-corrected chi connectivity index (χ2v) is 5.40. The molecule has 2 nitrogen and oxygen atoms in total. The molecule has 0 aliphatic heterocycles. The molecule has 0 aromatic heterocycles. The Labute approximate surface area is 114 Å². The van der Waals surface area contributed by atoms with Crippen molar-refractivity contribution in [3.05, 3.63) is 48.0 Å². The van der Waals surface area contributed by atoms with Crippen molar-refractivity contribution in [2.24, 2.45) is 0 Å². The minimum Gasteiger partial charge on any atom is -0.333 e. The van der Waals surface area contributed by atoms with Crippen molar-refractivity contribution >= 4 is 16.7 Å². The highest BCUT2D eigenvalue weighted by molar-refractivity contribution is 5.86. The van der Waals surface area contributed by atoms with E-state index in [2.05, 4.69) is 49.4 Å². The summed E-state index contributed by atoms with van der Waals surface area (Å²) in [5, 5.41) is 2.50. The number of nitrogens with zero attached hydrogens (tertiary/aromatic N) is 1. The van der Waals surface area contributed by atoms with Gasteiger partial charge in [0.2, 0.25) is 5.91 Å². The van der Waals surface area contributed by atoms with Crippen LogP contribution in [0.5, 0.6) is 0 Å². The Bertz CT molecular complexity index is 610. The zero-order valence-electron chi connectivity index (χ0n) is 11.5. The van der Waals surface area contributed by atoms with Crippen LogP contribution >= 0.6 is 0 Å². The number of amides is 1. The SMILES string of the molecule is CC(=O)N(C1CC1)C(C)c1cccc2ccccc12. The first-order valence-corrected chi connectivity index (χ1v) is 6.95. The molecule has 0 radical (unpaired) electrons. The molecule has 2 aromatic rings. The summed E-state index contributed by atoms with van der Waals surface area (Å²) in [6.45, 7) is 3.82. The third-order valence-electron chi connectivity index (χ3n) is 3.99. The van der Waals surface area contributed by atoms with Gasteiger partial charge in [-0.2, -0.15) is 0 Å². The van der Waals surface area contributed by atoms with Crippen LogP contribution in [0.15, 0.2) is 42.5 Å². The predicted octanol–water partition coefficient (Wildman–Crippen LogP) is 3.91. The maximum atomic E-state index is 11.9. The summed E-state index contributed by atoms with van der Waals surface area (Å²) in [4.78, 5) is 13.9. The minimum absolute atomic E-state index is 0.149. The van der Waals surface area contributed by atoms with Gasteiger partial charge in [-0.1, -0.05) is 42.5 Å². The molecule has 1 saturated carbocycles. The van der Waals surface area contributed by atoms with Crippen LogP contribution in [0.2, 0.25) is 0 Å². The fourth-order valence-electron chi connectivity index (χ4n) is 2.96. The molecule has 2 heteroatoms. The number of hydrogen-bond donors (Lipinski definition) is 0. The summed E-state index contributed by atoms with van der Waals surface area (Å²) in [5.74, 6) is 0.183. The van der Waals surface area contributed by atoms with E-state index in [1.165, 1.54) is 16.3 Å². The Morgan fingerprint density at radius 2 is 1.84 bits per heavy atom. The highest BCUT2D eigenvalue weighted by Crippen LogP contribution is 2.36. The quantitative estimate of drug-likeness (QED) is 0.812. The molecule has 0 bridgehead atoms. The zero-order chi connectivity index (χ0) is 13.4. The van der Waals surface area contributed by atoms with Crippen LogP contribution in [0.3, 0.4) is 0 Å². The lowest BCUT2D eigenvalue weighted by atomic mass is 9.98. The third kappa shape index (κ3) is 2.23. The van der Waals surface area contributed by atoms with Crippen LogP contribution in [-0.2, 0) is 4.79 Å². The molecule has 98 valence electrons. The fraction of sp³-hybridized carbons (Fsp3) is 0.353. The van der Waals surface area contributed by atoms with E-state index in [9.17, 15) is 4.79 Å². The predicted molar refractivity (Wildman–Crippen MR) is 77.9 cm³/mol. The van der Waals surface area contributed by atoms with E-state index in [1.807, 2.05) is 4.90 Å². The lowest BCUT2D eigenvalue weighted by Gasteiger charge is -2.29. The highest BCUT2D eigenvalue weighted by Gasteiger charge is 2.34. The third-order valence-corrected chi connectivity index (χ3v) is 3.99. The summed E-state index contributed by atoms with van der Waals surface area (Å²) in [6, 6.07) is 15.3. The summed E-state index contributed by atoms with van der Waals surface area (Å²) < 4.78 is 0. The van der Waals surface area contributed by atoms with Crippen molar-refractivity contribution in [1.82, 2.24) is 4.90 Å². The van der Waals surface area contributed by atoms with Crippen LogP contribution < -0.4 is 0 Å². The van der Waals surface area contributed by atoms with Gasteiger partial charge in [-0.3, -0.25) is 4.79 Å². The van der Waals surface area contributed by atoms with E-state index in [-0.39, 0.29) is 11.9 Å². The van der Waals surface area contributed by atoms with Gasteiger partial charge in [-0.05, 0) is 36.1 Å². The smallest absolute Gasteiger partial charge is 0.220 e. The number of hydrogen-bond acceptors (Lipinski definition) is 1. The highest BCUT2D eigenvalue weighted by atomic mass is 16.2. The maximum absolute atomic E-state index is 11.9. The average molecular weight is 253 g/mol. The molecule has 1 atom stereocenters. The lowest BCUT2D eigenvalue weighted by molar-refractivity contribution is -0.131. The van der Waals surface area contributed by atoms with Gasteiger partial charge in [0.1, 0.15) is 0 Å². The monoisotopic (exact) mass is 253 g/mol.